The van der Waals surface area contributed by atoms with Crippen LogP contribution in [0.1, 0.15) is 62.1 Å². The third-order valence-electron chi connectivity index (χ3n) is 6.80. The standard InChI is InChI=1S/C23H34N4O2/c1-26-14-11-18-15-17(9-10-20(18)26)21(27-12-5-2-6-13-27)16-24-22(28)23(29)25-19-7-3-4-8-19/h9-10,15,19,21H,2-8,11-14,16H2,1H3,(H,24,28)(H,25,29)/t21-/m0/s1. The predicted molar refractivity (Wildman–Crippen MR) is 115 cm³/mol. The van der Waals surface area contributed by atoms with E-state index in [1.54, 1.807) is 0 Å². The maximum atomic E-state index is 12.4. The Morgan fingerprint density at radius 3 is 2.55 bits per heavy atom. The maximum Gasteiger partial charge on any atom is 0.309 e. The molecule has 2 heterocycles. The second-order valence-corrected chi connectivity index (χ2v) is 8.84. The molecule has 6 heteroatoms. The van der Waals surface area contributed by atoms with Crippen LogP contribution in [0.5, 0.6) is 0 Å². The molecule has 4 rings (SSSR count). The third-order valence-corrected chi connectivity index (χ3v) is 6.80. The van der Waals surface area contributed by atoms with Crippen molar-refractivity contribution in [2.75, 3.05) is 38.1 Å². The number of anilines is 1. The van der Waals surface area contributed by atoms with Gasteiger partial charge in [0.15, 0.2) is 0 Å². The molecular formula is C23H34N4O2. The van der Waals surface area contributed by atoms with Crippen LogP contribution in [-0.4, -0.2) is 56.0 Å². The van der Waals surface area contributed by atoms with E-state index in [0.717, 1.165) is 51.7 Å². The number of amides is 2. The molecule has 158 valence electrons. The lowest BCUT2D eigenvalue weighted by Crippen LogP contribution is -2.47. The molecule has 2 amide bonds. The Kier molecular flexibility index (Phi) is 6.38. The van der Waals surface area contributed by atoms with Crippen LogP contribution in [0, 0.1) is 0 Å². The van der Waals surface area contributed by atoms with Crippen LogP contribution >= 0.6 is 0 Å². The van der Waals surface area contributed by atoms with Crippen LogP contribution < -0.4 is 15.5 Å². The Bertz CT molecular complexity index is 738. The summed E-state index contributed by atoms with van der Waals surface area (Å²) in [5, 5.41) is 5.82. The predicted octanol–water partition coefficient (Wildman–Crippen LogP) is 2.38. The molecule has 1 saturated carbocycles. The van der Waals surface area contributed by atoms with Crippen LogP contribution in [0.4, 0.5) is 5.69 Å². The molecule has 1 aromatic rings. The SMILES string of the molecule is CN1CCc2cc([C@H](CNC(=O)C(=O)NC3CCCC3)N3CCCCC3)ccc21. The summed E-state index contributed by atoms with van der Waals surface area (Å²) < 4.78 is 0. The number of piperidine rings is 1. The summed E-state index contributed by atoms with van der Waals surface area (Å²) in [6, 6.07) is 7.01. The van der Waals surface area contributed by atoms with Gasteiger partial charge in [-0.3, -0.25) is 14.5 Å². The second kappa shape index (κ2) is 9.16. The van der Waals surface area contributed by atoms with Crippen LogP contribution in [0.25, 0.3) is 0 Å². The number of carbonyl (C=O) groups is 2. The van der Waals surface area contributed by atoms with Gasteiger partial charge in [0.1, 0.15) is 0 Å². The van der Waals surface area contributed by atoms with Gasteiger partial charge in [-0.25, -0.2) is 0 Å². The molecule has 29 heavy (non-hydrogen) atoms. The van der Waals surface area contributed by atoms with E-state index in [0.29, 0.717) is 6.54 Å². The van der Waals surface area contributed by atoms with Crippen LogP contribution in [0.3, 0.4) is 0 Å². The molecule has 2 N–H and O–H groups in total. The van der Waals surface area contributed by atoms with Crippen molar-refractivity contribution in [2.45, 2.75) is 63.5 Å². The number of rotatable bonds is 5. The highest BCUT2D eigenvalue weighted by Gasteiger charge is 2.27. The molecule has 1 aromatic carbocycles. The molecule has 0 bridgehead atoms. The van der Waals surface area contributed by atoms with Gasteiger partial charge in [0, 0.05) is 31.9 Å². The molecule has 0 unspecified atom stereocenters. The van der Waals surface area contributed by atoms with Crippen molar-refractivity contribution in [1.29, 1.82) is 0 Å². The highest BCUT2D eigenvalue weighted by molar-refractivity contribution is 6.35. The van der Waals surface area contributed by atoms with Gasteiger partial charge < -0.3 is 15.5 Å². The minimum atomic E-state index is -0.500. The topological polar surface area (TPSA) is 64.7 Å². The third kappa shape index (κ3) is 4.74. The number of likely N-dealkylation sites (tertiary alicyclic amines) is 1. The van der Waals surface area contributed by atoms with Crippen molar-refractivity contribution in [3.8, 4) is 0 Å². The summed E-state index contributed by atoms with van der Waals surface area (Å²) in [5.41, 5.74) is 3.95. The minimum Gasteiger partial charge on any atom is -0.374 e. The van der Waals surface area contributed by atoms with Crippen molar-refractivity contribution < 1.29 is 9.59 Å². The zero-order valence-electron chi connectivity index (χ0n) is 17.6. The van der Waals surface area contributed by atoms with Crippen LogP contribution in [-0.2, 0) is 16.0 Å². The van der Waals surface area contributed by atoms with Crippen molar-refractivity contribution >= 4 is 17.5 Å². The summed E-state index contributed by atoms with van der Waals surface area (Å²) in [4.78, 5) is 29.5. The fourth-order valence-electron chi connectivity index (χ4n) is 5.07. The lowest BCUT2D eigenvalue weighted by molar-refractivity contribution is -0.139. The van der Waals surface area contributed by atoms with Crippen molar-refractivity contribution in [3.63, 3.8) is 0 Å². The lowest BCUT2D eigenvalue weighted by Gasteiger charge is -2.35. The van der Waals surface area contributed by atoms with Crippen molar-refractivity contribution in [1.82, 2.24) is 15.5 Å². The summed E-state index contributed by atoms with van der Waals surface area (Å²) >= 11 is 0. The Labute approximate surface area is 174 Å². The minimum absolute atomic E-state index is 0.120. The summed E-state index contributed by atoms with van der Waals surface area (Å²) in [7, 11) is 2.14. The average Bonchev–Trinajstić information content (AvgIpc) is 3.38. The van der Waals surface area contributed by atoms with Gasteiger partial charge in [-0.15, -0.1) is 0 Å². The molecule has 0 aromatic heterocycles. The lowest BCUT2D eigenvalue weighted by atomic mass is 9.98. The molecule has 1 aliphatic carbocycles. The number of fused-ring (bicyclic) bond motifs is 1. The van der Waals surface area contributed by atoms with Gasteiger partial charge in [-0.2, -0.15) is 0 Å². The Hall–Kier alpha value is -2.08. The summed E-state index contributed by atoms with van der Waals surface area (Å²) in [6.07, 6.45) is 8.98. The van der Waals surface area contributed by atoms with Gasteiger partial charge >= 0.3 is 11.8 Å². The van der Waals surface area contributed by atoms with E-state index in [1.165, 1.54) is 36.1 Å². The fourth-order valence-corrected chi connectivity index (χ4v) is 5.07. The number of nitrogens with zero attached hydrogens (tertiary/aromatic N) is 2. The molecule has 1 saturated heterocycles. The van der Waals surface area contributed by atoms with Crippen LogP contribution in [0.2, 0.25) is 0 Å². The molecule has 3 aliphatic rings. The molecule has 1 atom stereocenters. The van der Waals surface area contributed by atoms with E-state index in [1.807, 2.05) is 0 Å². The van der Waals surface area contributed by atoms with Gasteiger partial charge in [-0.1, -0.05) is 31.4 Å². The van der Waals surface area contributed by atoms with E-state index in [2.05, 4.69) is 45.7 Å². The monoisotopic (exact) mass is 398 g/mol. The first-order chi connectivity index (χ1) is 14.1. The average molecular weight is 399 g/mol. The quantitative estimate of drug-likeness (QED) is 0.748. The van der Waals surface area contributed by atoms with E-state index >= 15 is 0 Å². The Morgan fingerprint density at radius 2 is 1.79 bits per heavy atom. The van der Waals surface area contributed by atoms with Gasteiger partial charge in [0.2, 0.25) is 0 Å². The first kappa shape index (κ1) is 20.2. The van der Waals surface area contributed by atoms with Crippen LogP contribution in [0.15, 0.2) is 18.2 Å². The zero-order chi connectivity index (χ0) is 20.2. The normalized spacial score (nSPS) is 21.1. The number of carbonyl (C=O) groups excluding carboxylic acids is 2. The summed E-state index contributed by atoms with van der Waals surface area (Å²) in [5.74, 6) is -0.982. The first-order valence-corrected chi connectivity index (χ1v) is 11.3. The second-order valence-electron chi connectivity index (χ2n) is 8.84. The fraction of sp³-hybridized carbons (Fsp3) is 0.652. The zero-order valence-corrected chi connectivity index (χ0v) is 17.6. The molecule has 2 fully saturated rings. The van der Waals surface area contributed by atoms with E-state index in [4.69, 9.17) is 0 Å². The Balaban J connectivity index is 1.43. The number of hydrogen-bond acceptors (Lipinski definition) is 4. The maximum absolute atomic E-state index is 12.4. The van der Waals surface area contributed by atoms with Gasteiger partial charge in [-0.05, 0) is 62.4 Å². The van der Waals surface area contributed by atoms with E-state index in [9.17, 15) is 9.59 Å². The van der Waals surface area contributed by atoms with E-state index in [-0.39, 0.29) is 12.1 Å². The molecule has 2 aliphatic heterocycles. The van der Waals surface area contributed by atoms with Crippen molar-refractivity contribution in [3.05, 3.63) is 29.3 Å². The van der Waals surface area contributed by atoms with Crippen molar-refractivity contribution in [2.24, 2.45) is 0 Å². The Morgan fingerprint density at radius 1 is 1.03 bits per heavy atom. The summed E-state index contributed by atoms with van der Waals surface area (Å²) in [6.45, 7) is 3.63. The number of likely N-dealkylation sites (N-methyl/N-ethyl adjacent to an activating group) is 1. The van der Waals surface area contributed by atoms with Gasteiger partial charge in [0.05, 0.1) is 6.04 Å². The molecule has 0 spiro atoms. The first-order valence-electron chi connectivity index (χ1n) is 11.3. The highest BCUT2D eigenvalue weighted by atomic mass is 16.2. The number of hydrogen-bond donors (Lipinski definition) is 2. The molecule has 0 radical (unpaired) electrons. The highest BCUT2D eigenvalue weighted by Crippen LogP contribution is 2.32. The number of nitrogens with one attached hydrogen (secondary N) is 2. The van der Waals surface area contributed by atoms with E-state index < -0.39 is 11.8 Å². The largest absolute Gasteiger partial charge is 0.374 e. The van der Waals surface area contributed by atoms with Gasteiger partial charge in [0.25, 0.3) is 0 Å². The molecule has 6 nitrogen and oxygen atoms in total. The molecular weight excluding hydrogens is 364 g/mol. The smallest absolute Gasteiger partial charge is 0.309 e. The number of benzene rings is 1.